The van der Waals surface area contributed by atoms with E-state index in [9.17, 15) is 4.79 Å². The molecule has 1 aromatic carbocycles. The lowest BCUT2D eigenvalue weighted by Crippen LogP contribution is -2.22. The van der Waals surface area contributed by atoms with E-state index in [1.165, 1.54) is 0 Å². The van der Waals surface area contributed by atoms with E-state index in [0.717, 1.165) is 20.9 Å². The molecule has 1 amide bonds. The SMILES string of the molecule is Cc1nc(-c2ccc(CNC(=O)c3cccc(Br)c3)o2)cs1. The summed E-state index contributed by atoms with van der Waals surface area (Å²) >= 11 is 4.93. The number of amides is 1. The smallest absolute Gasteiger partial charge is 0.251 e. The Morgan fingerprint density at radius 1 is 1.36 bits per heavy atom. The predicted molar refractivity (Wildman–Crippen MR) is 89.9 cm³/mol. The molecule has 0 aliphatic heterocycles. The van der Waals surface area contributed by atoms with E-state index in [1.54, 1.807) is 23.5 Å². The van der Waals surface area contributed by atoms with Crippen molar-refractivity contribution in [3.8, 4) is 11.5 Å². The van der Waals surface area contributed by atoms with Crippen LogP contribution in [0.5, 0.6) is 0 Å². The summed E-state index contributed by atoms with van der Waals surface area (Å²) < 4.78 is 6.59. The van der Waals surface area contributed by atoms with Gasteiger partial charge in [-0.1, -0.05) is 22.0 Å². The van der Waals surface area contributed by atoms with Crippen LogP contribution in [0.4, 0.5) is 0 Å². The summed E-state index contributed by atoms with van der Waals surface area (Å²) in [4.78, 5) is 16.4. The zero-order chi connectivity index (χ0) is 15.5. The van der Waals surface area contributed by atoms with E-state index < -0.39 is 0 Å². The Bertz CT molecular complexity index is 810. The van der Waals surface area contributed by atoms with Gasteiger partial charge in [-0.2, -0.15) is 0 Å². The summed E-state index contributed by atoms with van der Waals surface area (Å²) in [6.45, 7) is 2.30. The zero-order valence-corrected chi connectivity index (χ0v) is 14.2. The molecule has 1 N–H and O–H groups in total. The molecule has 2 heterocycles. The molecule has 0 atom stereocenters. The Balaban J connectivity index is 1.65. The molecule has 0 saturated carbocycles. The normalized spacial score (nSPS) is 10.6. The van der Waals surface area contributed by atoms with Crippen molar-refractivity contribution in [3.63, 3.8) is 0 Å². The minimum absolute atomic E-state index is 0.135. The van der Waals surface area contributed by atoms with Crippen molar-refractivity contribution < 1.29 is 9.21 Å². The standard InChI is InChI=1S/C16H13BrN2O2S/c1-10-19-14(9-22-10)15-6-5-13(21-15)8-18-16(20)11-3-2-4-12(17)7-11/h2-7,9H,8H2,1H3,(H,18,20). The molecular weight excluding hydrogens is 364 g/mol. The summed E-state index contributed by atoms with van der Waals surface area (Å²) in [5.41, 5.74) is 1.43. The number of hydrogen-bond donors (Lipinski definition) is 1. The number of nitrogens with zero attached hydrogens (tertiary/aromatic N) is 1. The van der Waals surface area contributed by atoms with E-state index in [0.29, 0.717) is 17.9 Å². The summed E-state index contributed by atoms with van der Waals surface area (Å²) in [6.07, 6.45) is 0. The highest BCUT2D eigenvalue weighted by atomic mass is 79.9. The van der Waals surface area contributed by atoms with Gasteiger partial charge in [0.05, 0.1) is 11.6 Å². The Labute approximate surface area is 140 Å². The Morgan fingerprint density at radius 3 is 2.95 bits per heavy atom. The average Bonchev–Trinajstić information content (AvgIpc) is 3.13. The second kappa shape index (κ2) is 6.46. The van der Waals surface area contributed by atoms with Gasteiger partial charge in [0.15, 0.2) is 5.76 Å². The lowest BCUT2D eigenvalue weighted by molar-refractivity contribution is 0.0948. The van der Waals surface area contributed by atoms with E-state index in [4.69, 9.17) is 4.42 Å². The van der Waals surface area contributed by atoms with E-state index in [-0.39, 0.29) is 5.91 Å². The molecule has 6 heteroatoms. The highest BCUT2D eigenvalue weighted by Crippen LogP contribution is 2.23. The topological polar surface area (TPSA) is 55.1 Å². The van der Waals surface area contributed by atoms with Crippen LogP contribution in [-0.4, -0.2) is 10.9 Å². The van der Waals surface area contributed by atoms with Crippen LogP contribution >= 0.6 is 27.3 Å². The molecule has 22 heavy (non-hydrogen) atoms. The van der Waals surface area contributed by atoms with Crippen molar-refractivity contribution in [2.75, 3.05) is 0 Å². The van der Waals surface area contributed by atoms with Gasteiger partial charge >= 0.3 is 0 Å². The summed E-state index contributed by atoms with van der Waals surface area (Å²) in [5.74, 6) is 1.28. The highest BCUT2D eigenvalue weighted by Gasteiger charge is 2.10. The van der Waals surface area contributed by atoms with E-state index in [1.807, 2.05) is 36.6 Å². The number of hydrogen-bond acceptors (Lipinski definition) is 4. The molecule has 0 fully saturated rings. The Kier molecular flexibility index (Phi) is 4.40. The van der Waals surface area contributed by atoms with Crippen LogP contribution in [0.1, 0.15) is 21.1 Å². The molecular formula is C16H13BrN2O2S. The summed E-state index contributed by atoms with van der Waals surface area (Å²) in [6, 6.07) is 11.0. The van der Waals surface area contributed by atoms with Crippen LogP contribution in [0.15, 0.2) is 50.7 Å². The third-order valence-corrected chi connectivity index (χ3v) is 4.31. The van der Waals surface area contributed by atoms with Gasteiger partial charge in [0.1, 0.15) is 11.5 Å². The first-order valence-electron chi connectivity index (χ1n) is 6.67. The molecule has 0 radical (unpaired) electrons. The molecule has 2 aromatic heterocycles. The number of rotatable bonds is 4. The first kappa shape index (κ1) is 15.0. The molecule has 3 aromatic rings. The van der Waals surface area contributed by atoms with Gasteiger partial charge in [-0.3, -0.25) is 4.79 Å². The third-order valence-electron chi connectivity index (χ3n) is 3.04. The summed E-state index contributed by atoms with van der Waals surface area (Å²) in [5, 5.41) is 5.79. The van der Waals surface area contributed by atoms with Gasteiger partial charge in [0, 0.05) is 15.4 Å². The lowest BCUT2D eigenvalue weighted by atomic mass is 10.2. The maximum Gasteiger partial charge on any atom is 0.251 e. The van der Waals surface area contributed by atoms with Crippen molar-refractivity contribution in [1.82, 2.24) is 10.3 Å². The van der Waals surface area contributed by atoms with Gasteiger partial charge in [0.25, 0.3) is 5.91 Å². The van der Waals surface area contributed by atoms with Crippen molar-refractivity contribution >= 4 is 33.2 Å². The molecule has 0 saturated heterocycles. The van der Waals surface area contributed by atoms with Crippen LogP contribution in [-0.2, 0) is 6.54 Å². The molecule has 112 valence electrons. The van der Waals surface area contributed by atoms with Gasteiger partial charge in [-0.05, 0) is 37.3 Å². The van der Waals surface area contributed by atoms with Gasteiger partial charge in [-0.15, -0.1) is 11.3 Å². The van der Waals surface area contributed by atoms with E-state index >= 15 is 0 Å². The molecule has 3 rings (SSSR count). The number of carbonyl (C=O) groups is 1. The number of furan rings is 1. The Hall–Kier alpha value is -1.92. The fourth-order valence-corrected chi connectivity index (χ4v) is 2.99. The monoisotopic (exact) mass is 376 g/mol. The molecule has 0 spiro atoms. The number of halogens is 1. The zero-order valence-electron chi connectivity index (χ0n) is 11.8. The van der Waals surface area contributed by atoms with Gasteiger partial charge in [-0.25, -0.2) is 4.98 Å². The number of thiazole rings is 1. The largest absolute Gasteiger partial charge is 0.458 e. The molecule has 0 unspecified atom stereocenters. The highest BCUT2D eigenvalue weighted by molar-refractivity contribution is 9.10. The number of nitrogens with one attached hydrogen (secondary N) is 1. The van der Waals surface area contributed by atoms with Gasteiger partial charge < -0.3 is 9.73 Å². The van der Waals surface area contributed by atoms with Crippen LogP contribution in [0.2, 0.25) is 0 Å². The fourth-order valence-electron chi connectivity index (χ4n) is 1.99. The van der Waals surface area contributed by atoms with Crippen molar-refractivity contribution in [1.29, 1.82) is 0 Å². The minimum Gasteiger partial charge on any atom is -0.458 e. The van der Waals surface area contributed by atoms with Gasteiger partial charge in [0.2, 0.25) is 0 Å². The van der Waals surface area contributed by atoms with Crippen LogP contribution in [0.3, 0.4) is 0 Å². The maximum absolute atomic E-state index is 12.1. The molecule has 0 aliphatic carbocycles. The van der Waals surface area contributed by atoms with Crippen molar-refractivity contribution in [2.45, 2.75) is 13.5 Å². The van der Waals surface area contributed by atoms with Crippen LogP contribution in [0, 0.1) is 6.92 Å². The quantitative estimate of drug-likeness (QED) is 0.733. The van der Waals surface area contributed by atoms with E-state index in [2.05, 4.69) is 26.2 Å². The van der Waals surface area contributed by atoms with Crippen molar-refractivity contribution in [3.05, 3.63) is 62.6 Å². The molecule has 0 aliphatic rings. The second-order valence-corrected chi connectivity index (χ2v) is 6.69. The van der Waals surface area contributed by atoms with Crippen molar-refractivity contribution in [2.24, 2.45) is 0 Å². The van der Waals surface area contributed by atoms with Crippen LogP contribution < -0.4 is 5.32 Å². The molecule has 0 bridgehead atoms. The minimum atomic E-state index is -0.135. The maximum atomic E-state index is 12.1. The molecule has 4 nitrogen and oxygen atoms in total. The predicted octanol–water partition coefficient (Wildman–Crippen LogP) is 4.40. The average molecular weight is 377 g/mol. The summed E-state index contributed by atoms with van der Waals surface area (Å²) in [7, 11) is 0. The number of aromatic nitrogens is 1. The fraction of sp³-hybridized carbons (Fsp3) is 0.125. The van der Waals surface area contributed by atoms with Crippen LogP contribution in [0.25, 0.3) is 11.5 Å². The second-order valence-electron chi connectivity index (χ2n) is 4.71. The number of carbonyl (C=O) groups excluding carboxylic acids is 1. The third kappa shape index (κ3) is 3.45. The first-order valence-corrected chi connectivity index (χ1v) is 8.34. The Morgan fingerprint density at radius 2 is 2.23 bits per heavy atom. The first-order chi connectivity index (χ1) is 10.6. The lowest BCUT2D eigenvalue weighted by Gasteiger charge is -2.03. The number of benzene rings is 1. The number of aryl methyl sites for hydroxylation is 1.